The van der Waals surface area contributed by atoms with Crippen molar-refractivity contribution in [2.75, 3.05) is 5.33 Å². The van der Waals surface area contributed by atoms with Crippen molar-refractivity contribution in [3.63, 3.8) is 0 Å². The summed E-state index contributed by atoms with van der Waals surface area (Å²) in [7, 11) is 0. The lowest BCUT2D eigenvalue weighted by Gasteiger charge is -2.09. The lowest BCUT2D eigenvalue weighted by atomic mass is 10.0. The highest BCUT2D eigenvalue weighted by Gasteiger charge is 2.08. The van der Waals surface area contributed by atoms with Crippen molar-refractivity contribution in [3.05, 3.63) is 21.3 Å². The molecule has 0 N–H and O–H groups in total. The summed E-state index contributed by atoms with van der Waals surface area (Å²) in [6.07, 6.45) is 2.31. The van der Waals surface area contributed by atoms with Gasteiger partial charge in [-0.3, -0.25) is 0 Å². The van der Waals surface area contributed by atoms with Crippen molar-refractivity contribution in [1.82, 2.24) is 0 Å². The second-order valence-corrected chi connectivity index (χ2v) is 5.02. The van der Waals surface area contributed by atoms with Crippen LogP contribution >= 0.6 is 38.9 Å². The van der Waals surface area contributed by atoms with Gasteiger partial charge in [0.2, 0.25) is 0 Å². The molecule has 0 bridgehead atoms. The van der Waals surface area contributed by atoms with E-state index in [9.17, 15) is 0 Å². The highest BCUT2D eigenvalue weighted by molar-refractivity contribution is 9.09. The van der Waals surface area contributed by atoms with E-state index in [1.165, 1.54) is 12.0 Å². The molecule has 1 aromatic heterocycles. The summed E-state index contributed by atoms with van der Waals surface area (Å²) in [5, 5.41) is 3.12. The molecule has 68 valence electrons. The van der Waals surface area contributed by atoms with Crippen LogP contribution in [-0.2, 0) is 6.42 Å². The number of hydrogen-bond donors (Lipinski definition) is 0. The minimum Gasteiger partial charge on any atom is -0.132 e. The van der Waals surface area contributed by atoms with Crippen LogP contribution in [-0.4, -0.2) is 5.33 Å². The molecule has 0 radical (unpaired) electrons. The molecule has 1 rings (SSSR count). The zero-order valence-electron chi connectivity index (χ0n) is 7.02. The highest BCUT2D eigenvalue weighted by atomic mass is 79.9. The van der Waals surface area contributed by atoms with Crippen molar-refractivity contribution in [2.45, 2.75) is 19.8 Å². The van der Waals surface area contributed by atoms with Gasteiger partial charge in [0.25, 0.3) is 0 Å². The van der Waals surface area contributed by atoms with Gasteiger partial charge in [-0.2, -0.15) is 0 Å². The fraction of sp³-hybridized carbons (Fsp3) is 0.556. The molecule has 1 heterocycles. The van der Waals surface area contributed by atoms with Gasteiger partial charge in [0, 0.05) is 5.33 Å². The van der Waals surface area contributed by atoms with Crippen molar-refractivity contribution < 1.29 is 0 Å². The second kappa shape index (κ2) is 5.25. The molecule has 1 unspecified atom stereocenters. The number of thiophene rings is 1. The van der Waals surface area contributed by atoms with E-state index in [0.29, 0.717) is 0 Å². The topological polar surface area (TPSA) is 0 Å². The number of rotatable bonds is 4. The van der Waals surface area contributed by atoms with Crippen LogP contribution in [0.3, 0.4) is 0 Å². The van der Waals surface area contributed by atoms with Gasteiger partial charge < -0.3 is 0 Å². The maximum atomic E-state index is 6.00. The van der Waals surface area contributed by atoms with Gasteiger partial charge in [-0.15, -0.1) is 11.3 Å². The predicted molar refractivity (Wildman–Crippen MR) is 60.6 cm³/mol. The van der Waals surface area contributed by atoms with Crippen LogP contribution in [0.2, 0.25) is 4.34 Å². The van der Waals surface area contributed by atoms with Crippen LogP contribution in [0, 0.1) is 5.92 Å². The van der Waals surface area contributed by atoms with Crippen LogP contribution in [0.4, 0.5) is 0 Å². The van der Waals surface area contributed by atoms with Crippen molar-refractivity contribution >= 4 is 38.9 Å². The Morgan fingerprint density at radius 2 is 2.42 bits per heavy atom. The van der Waals surface area contributed by atoms with E-state index >= 15 is 0 Å². The van der Waals surface area contributed by atoms with Gasteiger partial charge in [-0.25, -0.2) is 0 Å². The summed E-state index contributed by atoms with van der Waals surface area (Å²) in [4.78, 5) is 0. The molecule has 0 nitrogen and oxygen atoms in total. The normalized spacial score (nSPS) is 13.2. The molecule has 1 aromatic rings. The third-order valence-corrected chi connectivity index (χ3v) is 4.16. The van der Waals surface area contributed by atoms with Crippen molar-refractivity contribution in [2.24, 2.45) is 5.92 Å². The summed E-state index contributed by atoms with van der Waals surface area (Å²) in [5.41, 5.74) is 1.30. The van der Waals surface area contributed by atoms with Gasteiger partial charge in [0.15, 0.2) is 0 Å². The van der Waals surface area contributed by atoms with E-state index in [4.69, 9.17) is 11.6 Å². The summed E-state index contributed by atoms with van der Waals surface area (Å²) >= 11 is 11.1. The fourth-order valence-electron chi connectivity index (χ4n) is 1.08. The molecule has 12 heavy (non-hydrogen) atoms. The first kappa shape index (κ1) is 10.6. The zero-order valence-corrected chi connectivity index (χ0v) is 10.2. The van der Waals surface area contributed by atoms with Gasteiger partial charge >= 0.3 is 0 Å². The molecule has 0 saturated carbocycles. The van der Waals surface area contributed by atoms with E-state index in [-0.39, 0.29) is 0 Å². The summed E-state index contributed by atoms with van der Waals surface area (Å²) in [6.45, 7) is 2.21. The fourth-order valence-corrected chi connectivity index (χ4v) is 2.72. The Balaban J connectivity index is 2.56. The molecule has 0 aliphatic heterocycles. The minimum atomic E-state index is 0.720. The van der Waals surface area contributed by atoms with Gasteiger partial charge in [-0.05, 0) is 29.3 Å². The highest BCUT2D eigenvalue weighted by Crippen LogP contribution is 2.26. The zero-order chi connectivity index (χ0) is 8.97. The number of hydrogen-bond acceptors (Lipinski definition) is 1. The molecule has 0 amide bonds. The second-order valence-electron chi connectivity index (χ2n) is 2.85. The lowest BCUT2D eigenvalue weighted by molar-refractivity contribution is 0.575. The van der Waals surface area contributed by atoms with Crippen LogP contribution in [0.15, 0.2) is 11.4 Å². The first-order valence-corrected chi connectivity index (χ1v) is 6.43. The Morgan fingerprint density at radius 3 is 2.83 bits per heavy atom. The third kappa shape index (κ3) is 2.75. The SMILES string of the molecule is CCC(CBr)Cc1ccsc1Cl. The number of halogens is 2. The van der Waals surface area contributed by atoms with Crippen LogP contribution in [0.1, 0.15) is 18.9 Å². The van der Waals surface area contributed by atoms with E-state index in [0.717, 1.165) is 22.0 Å². The monoisotopic (exact) mass is 266 g/mol. The Hall–Kier alpha value is 0.470. The lowest BCUT2D eigenvalue weighted by Crippen LogP contribution is -2.03. The van der Waals surface area contributed by atoms with Gasteiger partial charge in [-0.1, -0.05) is 40.9 Å². The molecule has 3 heteroatoms. The average Bonchev–Trinajstić information content (AvgIpc) is 2.47. The first-order valence-electron chi connectivity index (χ1n) is 4.05. The molecule has 0 aliphatic rings. The first-order chi connectivity index (χ1) is 5.77. The summed E-state index contributed by atoms with van der Waals surface area (Å²) in [5.74, 6) is 0.720. The van der Waals surface area contributed by atoms with Crippen LogP contribution in [0.5, 0.6) is 0 Å². The molecule has 0 aromatic carbocycles. The van der Waals surface area contributed by atoms with Gasteiger partial charge in [0.05, 0.1) is 4.34 Å². The maximum absolute atomic E-state index is 6.00. The van der Waals surface area contributed by atoms with E-state index in [1.54, 1.807) is 11.3 Å². The summed E-state index contributed by atoms with van der Waals surface area (Å²) in [6, 6.07) is 2.12. The molecular formula is C9H12BrClS. The molecule has 0 spiro atoms. The van der Waals surface area contributed by atoms with Crippen molar-refractivity contribution in [1.29, 1.82) is 0 Å². The molecule has 1 atom stereocenters. The molecule has 0 fully saturated rings. The van der Waals surface area contributed by atoms with E-state index in [2.05, 4.69) is 34.3 Å². The third-order valence-electron chi connectivity index (χ3n) is 2.00. The summed E-state index contributed by atoms with van der Waals surface area (Å²) < 4.78 is 0.953. The minimum absolute atomic E-state index is 0.720. The Bertz CT molecular complexity index is 230. The predicted octanol–water partition coefficient (Wildman–Crippen LogP) is 4.37. The smallest absolute Gasteiger partial charge is 0.0960 e. The molecule has 0 aliphatic carbocycles. The maximum Gasteiger partial charge on any atom is 0.0960 e. The Morgan fingerprint density at radius 1 is 1.67 bits per heavy atom. The largest absolute Gasteiger partial charge is 0.132 e. The Kier molecular flexibility index (Phi) is 4.62. The van der Waals surface area contributed by atoms with Crippen molar-refractivity contribution in [3.8, 4) is 0 Å². The average molecular weight is 268 g/mol. The van der Waals surface area contributed by atoms with Gasteiger partial charge in [0.1, 0.15) is 0 Å². The molecular weight excluding hydrogens is 256 g/mol. The Labute approximate surface area is 91.1 Å². The van der Waals surface area contributed by atoms with Crippen LogP contribution < -0.4 is 0 Å². The van der Waals surface area contributed by atoms with E-state index < -0.39 is 0 Å². The van der Waals surface area contributed by atoms with E-state index in [1.807, 2.05) is 0 Å². The van der Waals surface area contributed by atoms with Crippen LogP contribution in [0.25, 0.3) is 0 Å². The molecule has 0 saturated heterocycles. The standard InChI is InChI=1S/C9H12BrClS/c1-2-7(6-10)5-8-3-4-12-9(8)11/h3-4,7H,2,5-6H2,1H3. The number of alkyl halides is 1. The quantitative estimate of drug-likeness (QED) is 0.711.